The maximum atomic E-state index is 15.0. The first-order chi connectivity index (χ1) is 28.4. The van der Waals surface area contributed by atoms with Gasteiger partial charge in [-0.25, -0.2) is 18.2 Å². The monoisotopic (exact) mass is 835 g/mol. The van der Waals surface area contributed by atoms with Crippen LogP contribution >= 0.6 is 0 Å². The van der Waals surface area contributed by atoms with E-state index in [0.29, 0.717) is 48.8 Å². The lowest BCUT2D eigenvalue weighted by molar-refractivity contribution is -0.142. The van der Waals surface area contributed by atoms with Gasteiger partial charge in [-0.3, -0.25) is 19.1 Å². The fourth-order valence-electron chi connectivity index (χ4n) is 9.89. The van der Waals surface area contributed by atoms with Crippen LogP contribution < -0.4 is 29.6 Å². The van der Waals surface area contributed by atoms with Gasteiger partial charge in [0.15, 0.2) is 0 Å². The molecule has 0 radical (unpaired) electrons. The minimum Gasteiger partial charge on any atom is -0.496 e. The molecule has 16 heteroatoms. The molecule has 0 unspecified atom stereocenters. The molecule has 5 fully saturated rings. The second-order valence-corrected chi connectivity index (χ2v) is 19.2. The van der Waals surface area contributed by atoms with Crippen molar-refractivity contribution in [3.8, 4) is 17.4 Å². The van der Waals surface area contributed by atoms with Crippen molar-refractivity contribution in [3.05, 3.63) is 36.4 Å². The Bertz CT molecular complexity index is 2090. The molecule has 2 aliphatic heterocycles. The van der Waals surface area contributed by atoms with Crippen LogP contribution in [0.15, 0.2) is 30.9 Å². The zero-order chi connectivity index (χ0) is 41.5. The van der Waals surface area contributed by atoms with Gasteiger partial charge in [0.05, 0.1) is 31.0 Å². The van der Waals surface area contributed by atoms with E-state index in [4.69, 9.17) is 23.9 Å². The Labute approximate surface area is 345 Å². The van der Waals surface area contributed by atoms with Crippen molar-refractivity contribution < 1.29 is 46.5 Å². The summed E-state index contributed by atoms with van der Waals surface area (Å²) >= 11 is 0. The summed E-state index contributed by atoms with van der Waals surface area (Å²) < 4.78 is 52.5. The molecule has 3 N–H and O–H groups in total. The van der Waals surface area contributed by atoms with E-state index in [1.807, 2.05) is 19.1 Å². The van der Waals surface area contributed by atoms with Crippen LogP contribution in [0.5, 0.6) is 17.4 Å². The van der Waals surface area contributed by atoms with E-state index in [1.54, 1.807) is 13.2 Å². The summed E-state index contributed by atoms with van der Waals surface area (Å²) in [5, 5.41) is 5.94. The lowest BCUT2D eigenvalue weighted by Gasteiger charge is -2.35. The second kappa shape index (κ2) is 16.8. The van der Waals surface area contributed by atoms with Crippen molar-refractivity contribution in [3.63, 3.8) is 0 Å². The highest BCUT2D eigenvalue weighted by Gasteiger charge is 2.62. The third-order valence-electron chi connectivity index (χ3n) is 13.4. The van der Waals surface area contributed by atoms with Crippen molar-refractivity contribution in [1.29, 1.82) is 0 Å². The molecule has 6 aliphatic rings. The van der Waals surface area contributed by atoms with Gasteiger partial charge < -0.3 is 34.5 Å². The fraction of sp³-hybridized carbons (Fsp3) is 0.651. The number of alkyl carbamates (subject to hydrolysis) is 1. The number of fused-ring (bicyclic) bond motifs is 4. The molecule has 320 valence electrons. The van der Waals surface area contributed by atoms with Gasteiger partial charge in [-0.05, 0) is 101 Å². The van der Waals surface area contributed by atoms with Crippen LogP contribution in [0.2, 0.25) is 0 Å². The number of methoxy groups -OCH3 is 1. The van der Waals surface area contributed by atoms with Crippen LogP contribution in [0.4, 0.5) is 4.79 Å². The van der Waals surface area contributed by atoms with Crippen molar-refractivity contribution in [2.45, 2.75) is 138 Å². The highest BCUT2D eigenvalue weighted by Crippen LogP contribution is 2.46. The Morgan fingerprint density at radius 3 is 2.49 bits per heavy atom. The summed E-state index contributed by atoms with van der Waals surface area (Å²) in [5.41, 5.74) is 0.0187. The predicted molar refractivity (Wildman–Crippen MR) is 217 cm³/mol. The molecule has 3 heterocycles. The standard InChI is InChI=1S/C43H57N5O10S/c1-4-28-23-43(28,41(51)47-59(53,54)30-17-18-30)46-39(49)33-20-29-24-48(33)40(50)38(26-11-7-6-8-12-26)45-42(52)58-34-16-10-14-25(34)13-9-15-27-19-31-32(21-35(27)55-3)44-37(56-5-2)22-36(31)57-29/h4,19,21-22,25-26,28-30,33-34,38H,1,5-18,20,23-24H2,2-3H3,(H,45,52)(H,46,49)(H,47,51)/t25-,28+,29-,33+,34+,38+,43+/m1/s1. The maximum Gasteiger partial charge on any atom is 0.408 e. The molecule has 4 aliphatic carbocycles. The highest BCUT2D eigenvalue weighted by atomic mass is 32.2. The number of aromatic nitrogens is 1. The van der Waals surface area contributed by atoms with Crippen molar-refractivity contribution in [2.24, 2.45) is 17.8 Å². The average molecular weight is 836 g/mol. The molecule has 4 bridgehead atoms. The first-order valence-electron chi connectivity index (χ1n) is 21.5. The molecule has 0 spiro atoms. The number of benzene rings is 1. The molecular weight excluding hydrogens is 779 g/mol. The molecule has 4 amide bonds. The van der Waals surface area contributed by atoms with Crippen molar-refractivity contribution in [2.75, 3.05) is 20.3 Å². The topological polar surface area (TPSA) is 192 Å². The molecule has 7 atom stereocenters. The van der Waals surface area contributed by atoms with Crippen LogP contribution in [0.25, 0.3) is 10.9 Å². The van der Waals surface area contributed by atoms with Gasteiger partial charge in [0, 0.05) is 29.9 Å². The number of sulfonamides is 1. The van der Waals surface area contributed by atoms with Crippen LogP contribution in [0, 0.1) is 17.8 Å². The van der Waals surface area contributed by atoms with Crippen molar-refractivity contribution in [1.82, 2.24) is 25.2 Å². The van der Waals surface area contributed by atoms with Crippen LogP contribution in [-0.2, 0) is 35.6 Å². The molecule has 59 heavy (non-hydrogen) atoms. The zero-order valence-electron chi connectivity index (χ0n) is 34.0. The number of pyridine rings is 1. The van der Waals surface area contributed by atoms with E-state index in [2.05, 4.69) is 21.9 Å². The Morgan fingerprint density at radius 2 is 1.78 bits per heavy atom. The predicted octanol–water partition coefficient (Wildman–Crippen LogP) is 4.84. The van der Waals surface area contributed by atoms with E-state index < -0.39 is 68.7 Å². The summed E-state index contributed by atoms with van der Waals surface area (Å²) in [7, 11) is -2.28. The summed E-state index contributed by atoms with van der Waals surface area (Å²) in [6, 6.07) is 3.54. The summed E-state index contributed by atoms with van der Waals surface area (Å²) in [6.07, 6.45) is 10.3. The molecule has 4 saturated carbocycles. The normalized spacial score (nSPS) is 30.2. The molecule has 15 nitrogen and oxygen atoms in total. The van der Waals surface area contributed by atoms with E-state index in [-0.39, 0.29) is 37.3 Å². The quantitative estimate of drug-likeness (QED) is 0.278. The molecule has 1 saturated heterocycles. The third-order valence-corrected chi connectivity index (χ3v) is 15.2. The number of nitrogens with zero attached hydrogens (tertiary/aromatic N) is 2. The second-order valence-electron chi connectivity index (χ2n) is 17.3. The third kappa shape index (κ3) is 8.56. The number of rotatable bonds is 10. The summed E-state index contributed by atoms with van der Waals surface area (Å²) in [4.78, 5) is 63.3. The van der Waals surface area contributed by atoms with Crippen LogP contribution in [0.3, 0.4) is 0 Å². The number of ether oxygens (including phenoxy) is 4. The summed E-state index contributed by atoms with van der Waals surface area (Å²) in [6.45, 7) is 6.05. The van der Waals surface area contributed by atoms with Gasteiger partial charge in [0.2, 0.25) is 27.7 Å². The number of carbonyl (C=O) groups excluding carboxylic acids is 4. The molecular formula is C43H57N5O10S. The van der Waals surface area contributed by atoms with E-state index in [1.165, 1.54) is 11.0 Å². The molecule has 8 rings (SSSR count). The molecule has 1 aromatic heterocycles. The Morgan fingerprint density at radius 1 is 1.02 bits per heavy atom. The number of hydrogen-bond donors (Lipinski definition) is 3. The molecule has 2 aromatic rings. The number of hydrogen-bond acceptors (Lipinski definition) is 11. The van der Waals surface area contributed by atoms with Crippen LogP contribution in [-0.4, -0.2) is 97.5 Å². The Kier molecular flexibility index (Phi) is 11.7. The minimum absolute atomic E-state index is 0.00148. The van der Waals surface area contributed by atoms with Gasteiger partial charge in [0.25, 0.3) is 5.91 Å². The zero-order valence-corrected chi connectivity index (χ0v) is 34.9. The number of amides is 4. The van der Waals surface area contributed by atoms with Gasteiger partial charge in [-0.1, -0.05) is 25.3 Å². The van der Waals surface area contributed by atoms with E-state index >= 15 is 4.79 Å². The fourth-order valence-corrected chi connectivity index (χ4v) is 11.3. The molecule has 1 aromatic carbocycles. The first kappa shape index (κ1) is 41.1. The Balaban J connectivity index is 1.17. The summed E-state index contributed by atoms with van der Waals surface area (Å²) in [5.74, 6) is -0.910. The first-order valence-corrected chi connectivity index (χ1v) is 23.1. The van der Waals surface area contributed by atoms with Gasteiger partial charge in [-0.15, -0.1) is 6.58 Å². The minimum atomic E-state index is -3.91. The lowest BCUT2D eigenvalue weighted by atomic mass is 9.83. The average Bonchev–Trinajstić information content (AvgIpc) is 4.12. The number of nitrogens with one attached hydrogen (secondary N) is 3. The maximum absolute atomic E-state index is 15.0. The number of aryl methyl sites for hydroxylation is 1. The van der Waals surface area contributed by atoms with Gasteiger partial charge >= 0.3 is 6.09 Å². The highest BCUT2D eigenvalue weighted by molar-refractivity contribution is 7.91. The van der Waals surface area contributed by atoms with Crippen molar-refractivity contribution >= 4 is 44.7 Å². The smallest absolute Gasteiger partial charge is 0.408 e. The Hall–Kier alpha value is -4.60. The van der Waals surface area contributed by atoms with E-state index in [9.17, 15) is 22.8 Å². The largest absolute Gasteiger partial charge is 0.496 e. The van der Waals surface area contributed by atoms with Gasteiger partial charge in [0.1, 0.15) is 41.3 Å². The van der Waals surface area contributed by atoms with Gasteiger partial charge in [-0.2, -0.15) is 0 Å². The SMILES string of the molecule is C=C[C@H]1C[C@@]1(NC(=O)[C@@H]1C[C@@H]2CN1C(=O)[C@H](C1CCCCC1)NC(=O)O[C@H]1CCC[C@H]1CCCc1cc3c(cc(OCC)nc3cc1OC)O2)C(=O)NS(=O)(=O)C1CC1. The lowest BCUT2D eigenvalue weighted by Crippen LogP contribution is -2.59. The van der Waals surface area contributed by atoms with E-state index in [0.717, 1.165) is 75.2 Å². The number of carbonyl (C=O) groups is 4. The van der Waals surface area contributed by atoms with Crippen LogP contribution in [0.1, 0.15) is 102 Å².